The zero-order valence-electron chi connectivity index (χ0n) is 16.3. The molecule has 0 bridgehead atoms. The van der Waals surface area contributed by atoms with Gasteiger partial charge < -0.3 is 4.42 Å². The Morgan fingerprint density at radius 1 is 1.03 bits per heavy atom. The molecule has 1 aliphatic rings. The zero-order chi connectivity index (χ0) is 22.1. The summed E-state index contributed by atoms with van der Waals surface area (Å²) in [6.07, 6.45) is 0.155. The van der Waals surface area contributed by atoms with Crippen LogP contribution < -0.4 is 0 Å². The molecule has 0 N–H and O–H groups in total. The Balaban J connectivity index is 1.64. The highest BCUT2D eigenvalue weighted by Gasteiger charge is 2.40. The van der Waals surface area contributed by atoms with Crippen molar-refractivity contribution in [3.05, 3.63) is 78.3 Å². The van der Waals surface area contributed by atoms with Gasteiger partial charge in [0, 0.05) is 10.9 Å². The van der Waals surface area contributed by atoms with E-state index in [1.807, 2.05) is 30.3 Å². The van der Waals surface area contributed by atoms with Crippen molar-refractivity contribution in [2.45, 2.75) is 33.9 Å². The van der Waals surface area contributed by atoms with E-state index in [4.69, 9.17) is 4.42 Å². The Kier molecular flexibility index (Phi) is 6.25. The molecule has 1 atom stereocenters. The minimum atomic E-state index is -4.29. The minimum absolute atomic E-state index is 0.103. The van der Waals surface area contributed by atoms with Gasteiger partial charge in [0.15, 0.2) is 14.9 Å². The molecule has 0 spiro atoms. The van der Waals surface area contributed by atoms with Gasteiger partial charge >= 0.3 is 0 Å². The molecule has 0 saturated carbocycles. The van der Waals surface area contributed by atoms with Crippen LogP contribution in [0, 0.1) is 5.82 Å². The van der Waals surface area contributed by atoms with Crippen molar-refractivity contribution in [2.24, 2.45) is 0 Å². The van der Waals surface area contributed by atoms with Crippen LogP contribution >= 0.6 is 11.8 Å². The van der Waals surface area contributed by atoms with Crippen LogP contribution in [-0.2, 0) is 26.4 Å². The standard InChI is InChI=1S/C21H20FNO5S3/c22-19-8-4-5-9-20(19)31(26,27)23(16-12-13-30(24,25)15-16)14-17-10-11-21(28-17)29-18-6-2-1-3-7-18/h1-11,16H,12-15H2. The van der Waals surface area contributed by atoms with Gasteiger partial charge in [0.2, 0.25) is 10.0 Å². The highest BCUT2D eigenvalue weighted by atomic mass is 32.2. The monoisotopic (exact) mass is 481 g/mol. The fourth-order valence-corrected chi connectivity index (χ4v) is 7.77. The van der Waals surface area contributed by atoms with Crippen molar-refractivity contribution >= 4 is 31.6 Å². The maximum Gasteiger partial charge on any atom is 0.246 e. The molecule has 2 heterocycles. The first-order chi connectivity index (χ1) is 14.7. The van der Waals surface area contributed by atoms with Gasteiger partial charge in [0.05, 0.1) is 18.1 Å². The molecule has 0 aliphatic carbocycles. The van der Waals surface area contributed by atoms with E-state index in [0.717, 1.165) is 15.3 Å². The van der Waals surface area contributed by atoms with Gasteiger partial charge in [0.25, 0.3) is 0 Å². The van der Waals surface area contributed by atoms with Crippen molar-refractivity contribution in [2.75, 3.05) is 11.5 Å². The minimum Gasteiger partial charge on any atom is -0.453 e. The lowest BCUT2D eigenvalue weighted by molar-refractivity contribution is 0.295. The average Bonchev–Trinajstić information content (AvgIpc) is 3.32. The van der Waals surface area contributed by atoms with Crippen molar-refractivity contribution in [1.82, 2.24) is 4.31 Å². The number of furan rings is 1. The molecule has 1 aliphatic heterocycles. The maximum absolute atomic E-state index is 14.3. The molecule has 1 aromatic heterocycles. The number of benzene rings is 2. The van der Waals surface area contributed by atoms with Crippen LogP contribution in [0.3, 0.4) is 0 Å². The van der Waals surface area contributed by atoms with E-state index in [-0.39, 0.29) is 24.5 Å². The molecular formula is C21H20FNO5S3. The van der Waals surface area contributed by atoms with Crippen LogP contribution in [0.25, 0.3) is 0 Å². The molecule has 0 radical (unpaired) electrons. The van der Waals surface area contributed by atoms with Gasteiger partial charge in [-0.25, -0.2) is 21.2 Å². The molecule has 4 rings (SSSR count). The van der Waals surface area contributed by atoms with E-state index in [1.54, 1.807) is 12.1 Å². The first kappa shape index (κ1) is 22.1. The van der Waals surface area contributed by atoms with Gasteiger partial charge in [-0.2, -0.15) is 4.31 Å². The summed E-state index contributed by atoms with van der Waals surface area (Å²) >= 11 is 1.38. The smallest absolute Gasteiger partial charge is 0.246 e. The molecule has 3 aromatic rings. The summed E-state index contributed by atoms with van der Waals surface area (Å²) in [6, 6.07) is 17.2. The normalized spacial score (nSPS) is 18.5. The van der Waals surface area contributed by atoms with Crippen molar-refractivity contribution in [3.8, 4) is 0 Å². The number of halogens is 1. The Morgan fingerprint density at radius 3 is 2.42 bits per heavy atom. The summed E-state index contributed by atoms with van der Waals surface area (Å²) in [5, 5.41) is 0.573. The SMILES string of the molecule is O=S1(=O)CCC(N(Cc2ccc(Sc3ccccc3)o2)S(=O)(=O)c2ccccc2F)C1. The molecular weight excluding hydrogens is 461 g/mol. The first-order valence-corrected chi connectivity index (χ1v) is 13.6. The van der Waals surface area contributed by atoms with E-state index >= 15 is 0 Å². The van der Waals surface area contributed by atoms with Crippen LogP contribution in [0.5, 0.6) is 0 Å². The summed E-state index contributed by atoms with van der Waals surface area (Å²) in [5.41, 5.74) is 0. The van der Waals surface area contributed by atoms with Crippen molar-refractivity contribution in [3.63, 3.8) is 0 Å². The fourth-order valence-electron chi connectivity index (χ4n) is 3.45. The van der Waals surface area contributed by atoms with E-state index < -0.39 is 36.6 Å². The summed E-state index contributed by atoms with van der Waals surface area (Å²) in [6.45, 7) is -0.188. The van der Waals surface area contributed by atoms with Crippen molar-refractivity contribution in [1.29, 1.82) is 0 Å². The topological polar surface area (TPSA) is 84.7 Å². The number of rotatable bonds is 7. The third-order valence-electron chi connectivity index (χ3n) is 4.95. The third kappa shape index (κ3) is 5.03. The van der Waals surface area contributed by atoms with Crippen LogP contribution in [0.4, 0.5) is 4.39 Å². The fraction of sp³-hybridized carbons (Fsp3) is 0.238. The maximum atomic E-state index is 14.3. The molecule has 1 fully saturated rings. The lowest BCUT2D eigenvalue weighted by Gasteiger charge is -2.26. The number of hydrogen-bond donors (Lipinski definition) is 0. The second-order valence-electron chi connectivity index (χ2n) is 7.17. The Bertz CT molecular complexity index is 1270. The number of sulfone groups is 1. The van der Waals surface area contributed by atoms with Crippen LogP contribution in [0.15, 0.2) is 86.0 Å². The van der Waals surface area contributed by atoms with E-state index in [9.17, 15) is 21.2 Å². The van der Waals surface area contributed by atoms with Gasteiger partial charge in [0.1, 0.15) is 16.5 Å². The Labute approximate surface area is 185 Å². The van der Waals surface area contributed by atoms with Gasteiger partial charge in [-0.1, -0.05) is 42.1 Å². The van der Waals surface area contributed by atoms with Gasteiger partial charge in [-0.3, -0.25) is 0 Å². The van der Waals surface area contributed by atoms with Crippen LogP contribution in [0.2, 0.25) is 0 Å². The van der Waals surface area contributed by atoms with E-state index in [1.165, 1.54) is 30.0 Å². The average molecular weight is 482 g/mol. The Hall–Kier alpha value is -2.14. The van der Waals surface area contributed by atoms with Gasteiger partial charge in [-0.15, -0.1) is 0 Å². The number of hydrogen-bond acceptors (Lipinski definition) is 6. The van der Waals surface area contributed by atoms with Crippen LogP contribution in [-0.4, -0.2) is 38.7 Å². The number of nitrogens with zero attached hydrogens (tertiary/aromatic N) is 1. The lowest BCUT2D eigenvalue weighted by Crippen LogP contribution is -2.40. The third-order valence-corrected chi connectivity index (χ3v) is 9.56. The van der Waals surface area contributed by atoms with Crippen molar-refractivity contribution < 1.29 is 25.6 Å². The summed E-state index contributed by atoms with van der Waals surface area (Å²) in [5.74, 6) is -0.933. The second-order valence-corrected chi connectivity index (χ2v) is 12.3. The predicted octanol–water partition coefficient (Wildman–Crippen LogP) is 3.95. The summed E-state index contributed by atoms with van der Waals surface area (Å²) < 4.78 is 71.8. The molecule has 164 valence electrons. The first-order valence-electron chi connectivity index (χ1n) is 9.53. The Morgan fingerprint density at radius 2 is 1.74 bits per heavy atom. The zero-order valence-corrected chi connectivity index (χ0v) is 18.8. The highest BCUT2D eigenvalue weighted by Crippen LogP contribution is 2.32. The molecule has 31 heavy (non-hydrogen) atoms. The van der Waals surface area contributed by atoms with Gasteiger partial charge in [-0.05, 0) is 42.8 Å². The molecule has 6 nitrogen and oxygen atoms in total. The molecule has 2 aromatic carbocycles. The largest absolute Gasteiger partial charge is 0.453 e. The molecule has 1 unspecified atom stereocenters. The molecule has 1 saturated heterocycles. The van der Waals surface area contributed by atoms with E-state index in [2.05, 4.69) is 0 Å². The lowest BCUT2D eigenvalue weighted by atomic mass is 10.2. The molecule has 10 heteroatoms. The highest BCUT2D eigenvalue weighted by molar-refractivity contribution is 7.99. The summed E-state index contributed by atoms with van der Waals surface area (Å²) in [4.78, 5) is 0.478. The van der Waals surface area contributed by atoms with E-state index in [0.29, 0.717) is 10.9 Å². The molecule has 0 amide bonds. The summed E-state index contributed by atoms with van der Waals surface area (Å²) in [7, 11) is -7.64. The quantitative estimate of drug-likeness (QED) is 0.508. The number of sulfonamides is 1. The second kappa shape index (κ2) is 8.78. The van der Waals surface area contributed by atoms with Crippen LogP contribution in [0.1, 0.15) is 12.2 Å². The predicted molar refractivity (Wildman–Crippen MR) is 115 cm³/mol.